The Morgan fingerprint density at radius 2 is 2.15 bits per heavy atom. The highest BCUT2D eigenvalue weighted by Gasteiger charge is 2.40. The molecule has 0 heterocycles. The minimum atomic E-state index is 0.236. The molecule has 13 heavy (non-hydrogen) atoms. The number of hydrogen-bond donors (Lipinski definition) is 1. The Bertz CT molecular complexity index is 177. The zero-order chi connectivity index (χ0) is 9.31. The van der Waals surface area contributed by atoms with Crippen molar-refractivity contribution in [3.8, 4) is 0 Å². The fourth-order valence-electron chi connectivity index (χ4n) is 2.58. The van der Waals surface area contributed by atoms with Gasteiger partial charge in [0.15, 0.2) is 0 Å². The van der Waals surface area contributed by atoms with Crippen molar-refractivity contribution >= 4 is 0 Å². The number of rotatable bonds is 3. The molecule has 0 radical (unpaired) electrons. The number of hydrogen-bond acceptors (Lipinski definition) is 2. The molecule has 0 bridgehead atoms. The average molecular weight is 183 g/mol. The molecule has 2 aliphatic carbocycles. The molecule has 0 aromatic rings. The number of methoxy groups -OCH3 is 1. The van der Waals surface area contributed by atoms with Crippen LogP contribution in [0.15, 0.2) is 0 Å². The van der Waals surface area contributed by atoms with Gasteiger partial charge in [-0.05, 0) is 38.0 Å². The van der Waals surface area contributed by atoms with Crippen LogP contribution in [0.3, 0.4) is 0 Å². The van der Waals surface area contributed by atoms with Gasteiger partial charge in [0, 0.05) is 12.6 Å². The Hall–Kier alpha value is -0.0800. The van der Waals surface area contributed by atoms with Gasteiger partial charge in [0.2, 0.25) is 0 Å². The Balaban J connectivity index is 1.78. The average Bonchev–Trinajstić information content (AvgIpc) is 2.84. The van der Waals surface area contributed by atoms with E-state index in [0.29, 0.717) is 6.10 Å². The second kappa shape index (κ2) is 3.58. The molecular weight excluding hydrogens is 162 g/mol. The monoisotopic (exact) mass is 183 g/mol. The van der Waals surface area contributed by atoms with E-state index >= 15 is 0 Å². The molecule has 2 unspecified atom stereocenters. The van der Waals surface area contributed by atoms with Crippen molar-refractivity contribution in [3.05, 3.63) is 0 Å². The van der Waals surface area contributed by atoms with Gasteiger partial charge >= 0.3 is 0 Å². The molecule has 0 amide bonds. The normalized spacial score (nSPS) is 37.4. The third kappa shape index (κ3) is 2.44. The summed E-state index contributed by atoms with van der Waals surface area (Å²) in [7, 11) is 1.84. The molecule has 2 nitrogen and oxygen atoms in total. The summed E-state index contributed by atoms with van der Waals surface area (Å²) < 4.78 is 5.42. The van der Waals surface area contributed by atoms with E-state index in [2.05, 4.69) is 0 Å². The summed E-state index contributed by atoms with van der Waals surface area (Å²) in [6, 6.07) is 0. The highest BCUT2D eigenvalue weighted by atomic mass is 16.5. The van der Waals surface area contributed by atoms with E-state index in [1.54, 1.807) is 0 Å². The van der Waals surface area contributed by atoms with Crippen LogP contribution in [0.2, 0.25) is 0 Å². The molecule has 2 atom stereocenters. The van der Waals surface area contributed by atoms with Crippen molar-refractivity contribution in [2.45, 2.75) is 56.6 Å². The summed E-state index contributed by atoms with van der Waals surface area (Å²) in [5.74, 6) is 0.839. The van der Waals surface area contributed by atoms with E-state index < -0.39 is 0 Å². The smallest absolute Gasteiger partial charge is 0.0574 e. The zero-order valence-corrected chi connectivity index (χ0v) is 8.59. The lowest BCUT2D eigenvalue weighted by Gasteiger charge is -2.29. The van der Waals surface area contributed by atoms with Crippen molar-refractivity contribution in [1.82, 2.24) is 0 Å². The van der Waals surface area contributed by atoms with Crippen molar-refractivity contribution in [1.29, 1.82) is 0 Å². The summed E-state index contributed by atoms with van der Waals surface area (Å²) in [5, 5.41) is 0. The van der Waals surface area contributed by atoms with Gasteiger partial charge in [-0.3, -0.25) is 0 Å². The van der Waals surface area contributed by atoms with E-state index in [9.17, 15) is 0 Å². The first kappa shape index (κ1) is 9.47. The number of ether oxygens (including phenoxy) is 1. The van der Waals surface area contributed by atoms with Crippen LogP contribution < -0.4 is 5.73 Å². The predicted molar refractivity (Wildman–Crippen MR) is 53.5 cm³/mol. The standard InChI is InChI=1S/C11H21NO/c1-13-10-4-2-3-9(7-10)8-11(12)5-6-11/h9-10H,2-8,12H2,1H3. The van der Waals surface area contributed by atoms with Gasteiger partial charge in [-0.2, -0.15) is 0 Å². The largest absolute Gasteiger partial charge is 0.381 e. The second-order valence-corrected chi connectivity index (χ2v) is 4.96. The van der Waals surface area contributed by atoms with Gasteiger partial charge in [-0.25, -0.2) is 0 Å². The van der Waals surface area contributed by atoms with Gasteiger partial charge in [0.1, 0.15) is 0 Å². The Morgan fingerprint density at radius 1 is 1.38 bits per heavy atom. The van der Waals surface area contributed by atoms with Crippen LogP contribution in [0.25, 0.3) is 0 Å². The topological polar surface area (TPSA) is 35.2 Å². The van der Waals surface area contributed by atoms with Crippen LogP contribution in [-0.2, 0) is 4.74 Å². The van der Waals surface area contributed by atoms with Crippen LogP contribution in [-0.4, -0.2) is 18.8 Å². The highest BCUT2D eigenvalue weighted by molar-refractivity contribution is 5.00. The van der Waals surface area contributed by atoms with Crippen molar-refractivity contribution in [3.63, 3.8) is 0 Å². The van der Waals surface area contributed by atoms with Crippen LogP contribution >= 0.6 is 0 Å². The first-order valence-corrected chi connectivity index (χ1v) is 5.53. The zero-order valence-electron chi connectivity index (χ0n) is 8.59. The lowest BCUT2D eigenvalue weighted by molar-refractivity contribution is 0.0471. The van der Waals surface area contributed by atoms with Gasteiger partial charge in [0.05, 0.1) is 6.10 Å². The van der Waals surface area contributed by atoms with Crippen LogP contribution in [0, 0.1) is 5.92 Å². The fraction of sp³-hybridized carbons (Fsp3) is 1.00. The molecule has 0 spiro atoms. The number of nitrogens with two attached hydrogens (primary N) is 1. The van der Waals surface area contributed by atoms with Crippen LogP contribution in [0.4, 0.5) is 0 Å². The van der Waals surface area contributed by atoms with Crippen molar-refractivity contribution in [2.75, 3.05) is 7.11 Å². The third-order valence-corrected chi connectivity index (χ3v) is 3.66. The molecule has 0 aromatic carbocycles. The van der Waals surface area contributed by atoms with Crippen molar-refractivity contribution in [2.24, 2.45) is 11.7 Å². The van der Waals surface area contributed by atoms with Gasteiger partial charge < -0.3 is 10.5 Å². The first-order valence-electron chi connectivity index (χ1n) is 5.53. The summed E-state index contributed by atoms with van der Waals surface area (Å²) >= 11 is 0. The maximum atomic E-state index is 6.12. The second-order valence-electron chi connectivity index (χ2n) is 4.96. The molecular formula is C11H21NO. The molecule has 2 N–H and O–H groups in total. The Kier molecular flexibility index (Phi) is 2.61. The van der Waals surface area contributed by atoms with E-state index in [1.165, 1.54) is 44.9 Å². The minimum Gasteiger partial charge on any atom is -0.381 e. The highest BCUT2D eigenvalue weighted by Crippen LogP contribution is 2.42. The summed E-state index contributed by atoms with van der Waals surface area (Å²) in [5.41, 5.74) is 6.36. The summed E-state index contributed by atoms with van der Waals surface area (Å²) in [4.78, 5) is 0. The molecule has 0 aromatic heterocycles. The minimum absolute atomic E-state index is 0.236. The molecule has 0 saturated heterocycles. The molecule has 0 aliphatic heterocycles. The van der Waals surface area contributed by atoms with Gasteiger partial charge in [-0.1, -0.05) is 12.8 Å². The molecule has 2 fully saturated rings. The molecule has 2 rings (SSSR count). The van der Waals surface area contributed by atoms with E-state index in [0.717, 1.165) is 5.92 Å². The third-order valence-electron chi connectivity index (χ3n) is 3.66. The first-order chi connectivity index (χ1) is 6.22. The van der Waals surface area contributed by atoms with Gasteiger partial charge in [-0.15, -0.1) is 0 Å². The van der Waals surface area contributed by atoms with Crippen LogP contribution in [0.1, 0.15) is 44.9 Å². The fourth-order valence-corrected chi connectivity index (χ4v) is 2.58. The van der Waals surface area contributed by atoms with Crippen LogP contribution in [0.5, 0.6) is 0 Å². The summed E-state index contributed by atoms with van der Waals surface area (Å²) in [6.45, 7) is 0. The molecule has 2 heteroatoms. The quantitative estimate of drug-likeness (QED) is 0.727. The van der Waals surface area contributed by atoms with Crippen molar-refractivity contribution < 1.29 is 4.74 Å². The SMILES string of the molecule is COC1CCCC(CC2(N)CC2)C1. The summed E-state index contributed by atoms with van der Waals surface area (Å²) in [6.07, 6.45) is 9.47. The lowest BCUT2D eigenvalue weighted by Crippen LogP contribution is -2.30. The van der Waals surface area contributed by atoms with E-state index in [-0.39, 0.29) is 5.54 Å². The molecule has 2 aliphatic rings. The van der Waals surface area contributed by atoms with Gasteiger partial charge in [0.25, 0.3) is 0 Å². The predicted octanol–water partition coefficient (Wildman–Crippen LogP) is 2.07. The molecule has 2 saturated carbocycles. The van der Waals surface area contributed by atoms with E-state index in [1.807, 2.05) is 7.11 Å². The maximum Gasteiger partial charge on any atom is 0.0574 e. The lowest BCUT2D eigenvalue weighted by atomic mass is 9.82. The Morgan fingerprint density at radius 3 is 2.77 bits per heavy atom. The molecule has 76 valence electrons. The van der Waals surface area contributed by atoms with E-state index in [4.69, 9.17) is 10.5 Å². The Labute approximate surface area is 80.8 Å². The maximum absolute atomic E-state index is 6.12.